The van der Waals surface area contributed by atoms with Crippen LogP contribution >= 0.6 is 11.8 Å². The number of hydroxylamine groups is 1. The highest BCUT2D eigenvalue weighted by Gasteiger charge is 2.21. The molecule has 1 N–H and O–H groups in total. The van der Waals surface area contributed by atoms with Gasteiger partial charge in [-0.15, -0.1) is 5.48 Å². The van der Waals surface area contributed by atoms with Crippen LogP contribution in [0.3, 0.4) is 0 Å². The first kappa shape index (κ1) is 16.5. The summed E-state index contributed by atoms with van der Waals surface area (Å²) >= 11 is 1.60. The Morgan fingerprint density at radius 2 is 2.30 bits per heavy atom. The number of hydrogen-bond donors (Lipinski definition) is 1. The molecule has 0 aromatic carbocycles. The molecule has 1 aromatic rings. The second-order valence-electron chi connectivity index (χ2n) is 3.84. The van der Waals surface area contributed by atoms with E-state index in [0.29, 0.717) is 12.0 Å². The Balaban J connectivity index is 2.52. The molecule has 0 saturated heterocycles. The molecule has 0 aliphatic heterocycles. The van der Waals surface area contributed by atoms with E-state index in [1.54, 1.807) is 37.0 Å². The minimum atomic E-state index is -0.664. The van der Waals surface area contributed by atoms with Gasteiger partial charge in [-0.1, -0.05) is 0 Å². The summed E-state index contributed by atoms with van der Waals surface area (Å²) in [5, 5.41) is 0. The Hall–Kier alpha value is -1.60. The first-order valence-corrected chi connectivity index (χ1v) is 7.60. The summed E-state index contributed by atoms with van der Waals surface area (Å²) in [5.74, 6) is -0.266. The number of ether oxygens (including phenoxy) is 1. The van der Waals surface area contributed by atoms with E-state index in [9.17, 15) is 9.59 Å². The minimum absolute atomic E-state index is 0.285. The van der Waals surface area contributed by atoms with Crippen molar-refractivity contribution >= 4 is 23.7 Å². The average Bonchev–Trinajstić information content (AvgIpc) is 2.48. The van der Waals surface area contributed by atoms with Gasteiger partial charge in [0.05, 0.1) is 12.2 Å². The molecule has 7 heteroatoms. The Bertz CT molecular complexity index is 428. The number of carbonyl (C=O) groups is 2. The van der Waals surface area contributed by atoms with Crippen LogP contribution in [0.4, 0.5) is 0 Å². The van der Waals surface area contributed by atoms with E-state index in [4.69, 9.17) is 9.57 Å². The van der Waals surface area contributed by atoms with Crippen molar-refractivity contribution in [1.29, 1.82) is 0 Å². The van der Waals surface area contributed by atoms with E-state index in [2.05, 4.69) is 10.5 Å². The molecule has 0 spiro atoms. The van der Waals surface area contributed by atoms with Crippen molar-refractivity contribution in [2.24, 2.45) is 0 Å². The van der Waals surface area contributed by atoms with Crippen LogP contribution in [0.1, 0.15) is 23.7 Å². The van der Waals surface area contributed by atoms with E-state index < -0.39 is 18.0 Å². The van der Waals surface area contributed by atoms with Crippen LogP contribution in [0.5, 0.6) is 0 Å². The summed E-state index contributed by atoms with van der Waals surface area (Å²) in [6.07, 6.45) is 5.40. The van der Waals surface area contributed by atoms with Gasteiger partial charge in [0.25, 0.3) is 0 Å². The average molecular weight is 298 g/mol. The zero-order valence-electron chi connectivity index (χ0n) is 11.5. The highest BCUT2D eigenvalue weighted by molar-refractivity contribution is 7.98. The third kappa shape index (κ3) is 5.58. The van der Waals surface area contributed by atoms with Crippen LogP contribution in [-0.2, 0) is 14.4 Å². The van der Waals surface area contributed by atoms with Crippen LogP contribution in [0.2, 0.25) is 0 Å². The molecular formula is C13H18N2O4S. The van der Waals surface area contributed by atoms with Crippen molar-refractivity contribution in [2.45, 2.75) is 19.4 Å². The molecule has 1 atom stereocenters. The second kappa shape index (κ2) is 9.33. The van der Waals surface area contributed by atoms with Gasteiger partial charge >= 0.3 is 11.9 Å². The number of rotatable bonds is 8. The van der Waals surface area contributed by atoms with Crippen molar-refractivity contribution in [3.05, 3.63) is 30.1 Å². The molecule has 1 aromatic heterocycles. The third-order valence-electron chi connectivity index (χ3n) is 2.37. The number of hydrogen-bond acceptors (Lipinski definition) is 7. The van der Waals surface area contributed by atoms with Gasteiger partial charge in [-0.2, -0.15) is 11.8 Å². The molecule has 20 heavy (non-hydrogen) atoms. The Kier molecular flexibility index (Phi) is 7.67. The van der Waals surface area contributed by atoms with E-state index in [1.807, 2.05) is 6.26 Å². The summed E-state index contributed by atoms with van der Waals surface area (Å²) < 4.78 is 4.92. The van der Waals surface area contributed by atoms with Gasteiger partial charge in [-0.05, 0) is 37.5 Å². The van der Waals surface area contributed by atoms with Gasteiger partial charge in [0.15, 0.2) is 0 Å². The quantitative estimate of drug-likeness (QED) is 0.574. The molecule has 0 unspecified atom stereocenters. The van der Waals surface area contributed by atoms with Crippen molar-refractivity contribution < 1.29 is 19.2 Å². The molecule has 1 rings (SSSR count). The summed E-state index contributed by atoms with van der Waals surface area (Å²) in [6.45, 7) is 2.01. The lowest BCUT2D eigenvalue weighted by Gasteiger charge is -2.16. The minimum Gasteiger partial charge on any atom is -0.465 e. The number of nitrogens with zero attached hydrogens (tertiary/aromatic N) is 1. The fourth-order valence-electron chi connectivity index (χ4n) is 1.37. The fourth-order valence-corrected chi connectivity index (χ4v) is 1.84. The van der Waals surface area contributed by atoms with Crippen LogP contribution < -0.4 is 5.48 Å². The molecule has 0 saturated carbocycles. The SMILES string of the molecule is CCOC(=O)[C@H](CCSC)NOC(=O)c1cccnc1. The topological polar surface area (TPSA) is 77.5 Å². The molecule has 0 bridgehead atoms. The van der Waals surface area contributed by atoms with Crippen LogP contribution in [-0.4, -0.2) is 41.6 Å². The smallest absolute Gasteiger partial charge is 0.358 e. The lowest BCUT2D eigenvalue weighted by Crippen LogP contribution is -2.40. The molecule has 0 amide bonds. The maximum atomic E-state index is 11.7. The summed E-state index contributed by atoms with van der Waals surface area (Å²) in [5.41, 5.74) is 2.78. The predicted molar refractivity (Wildman–Crippen MR) is 76.2 cm³/mol. The maximum absolute atomic E-state index is 11.7. The lowest BCUT2D eigenvalue weighted by atomic mass is 10.2. The van der Waals surface area contributed by atoms with Crippen molar-refractivity contribution in [2.75, 3.05) is 18.6 Å². The van der Waals surface area contributed by atoms with E-state index in [1.165, 1.54) is 6.20 Å². The molecule has 0 aliphatic rings. The fraction of sp³-hybridized carbons (Fsp3) is 0.462. The zero-order chi connectivity index (χ0) is 14.8. The largest absolute Gasteiger partial charge is 0.465 e. The monoisotopic (exact) mass is 298 g/mol. The first-order valence-electron chi connectivity index (χ1n) is 6.21. The highest BCUT2D eigenvalue weighted by atomic mass is 32.2. The molecule has 1 heterocycles. The Morgan fingerprint density at radius 1 is 1.50 bits per heavy atom. The van der Waals surface area contributed by atoms with Gasteiger partial charge in [0, 0.05) is 12.4 Å². The molecule has 0 radical (unpaired) electrons. The van der Waals surface area contributed by atoms with E-state index in [0.717, 1.165) is 5.75 Å². The summed E-state index contributed by atoms with van der Waals surface area (Å²) in [7, 11) is 0. The third-order valence-corrected chi connectivity index (χ3v) is 3.02. The number of nitrogens with one attached hydrogen (secondary N) is 1. The van der Waals surface area contributed by atoms with E-state index in [-0.39, 0.29) is 6.61 Å². The van der Waals surface area contributed by atoms with Gasteiger partial charge in [0.1, 0.15) is 6.04 Å². The van der Waals surface area contributed by atoms with E-state index >= 15 is 0 Å². The highest BCUT2D eigenvalue weighted by Crippen LogP contribution is 2.04. The number of carbonyl (C=O) groups excluding carboxylic acids is 2. The molecule has 0 aliphatic carbocycles. The number of esters is 1. The first-order chi connectivity index (χ1) is 9.69. The van der Waals surface area contributed by atoms with Crippen molar-refractivity contribution in [3.8, 4) is 0 Å². The maximum Gasteiger partial charge on any atom is 0.358 e. The Morgan fingerprint density at radius 3 is 2.90 bits per heavy atom. The van der Waals surface area contributed by atoms with Gasteiger partial charge < -0.3 is 9.57 Å². The van der Waals surface area contributed by atoms with Gasteiger partial charge in [-0.25, -0.2) is 4.79 Å². The molecule has 0 fully saturated rings. The number of thioether (sulfide) groups is 1. The second-order valence-corrected chi connectivity index (χ2v) is 4.82. The standard InChI is InChI=1S/C13H18N2O4S/c1-3-18-13(17)11(6-8-20-2)15-19-12(16)10-5-4-7-14-9-10/h4-5,7,9,11,15H,3,6,8H2,1-2H3/t11-/m0/s1. The summed E-state index contributed by atoms with van der Waals surface area (Å²) in [6, 6.07) is 2.55. The molecule has 110 valence electrons. The Labute approximate surface area is 122 Å². The summed E-state index contributed by atoms with van der Waals surface area (Å²) in [4.78, 5) is 32.2. The predicted octanol–water partition coefficient (Wildman–Crippen LogP) is 1.43. The van der Waals surface area contributed by atoms with Crippen LogP contribution in [0, 0.1) is 0 Å². The van der Waals surface area contributed by atoms with Crippen LogP contribution in [0.15, 0.2) is 24.5 Å². The van der Waals surface area contributed by atoms with Crippen molar-refractivity contribution in [1.82, 2.24) is 10.5 Å². The zero-order valence-corrected chi connectivity index (χ0v) is 12.3. The molecule has 6 nitrogen and oxygen atoms in total. The number of aromatic nitrogens is 1. The van der Waals surface area contributed by atoms with Gasteiger partial charge in [0.2, 0.25) is 0 Å². The van der Waals surface area contributed by atoms with Crippen molar-refractivity contribution in [3.63, 3.8) is 0 Å². The number of pyridine rings is 1. The lowest BCUT2D eigenvalue weighted by molar-refractivity contribution is -0.148. The van der Waals surface area contributed by atoms with Crippen LogP contribution in [0.25, 0.3) is 0 Å². The normalized spacial score (nSPS) is 11.7. The molecular weight excluding hydrogens is 280 g/mol. The van der Waals surface area contributed by atoms with Gasteiger partial charge in [-0.3, -0.25) is 9.78 Å².